The van der Waals surface area contributed by atoms with Gasteiger partial charge in [-0.25, -0.2) is 4.98 Å². The third-order valence-corrected chi connectivity index (χ3v) is 4.65. The number of benzene rings is 2. The first-order valence-corrected chi connectivity index (χ1v) is 8.24. The number of rotatable bonds is 5. The van der Waals surface area contributed by atoms with Crippen molar-refractivity contribution in [1.29, 1.82) is 0 Å². The van der Waals surface area contributed by atoms with Gasteiger partial charge in [-0.2, -0.15) is 5.10 Å². The second-order valence-electron chi connectivity index (χ2n) is 5.05. The predicted octanol–water partition coefficient (Wildman–Crippen LogP) is 4.79. The van der Waals surface area contributed by atoms with Gasteiger partial charge in [0.2, 0.25) is 5.13 Å². The second-order valence-corrected chi connectivity index (χ2v) is 6.49. The Bertz CT molecular complexity index is 855. The molecule has 4 nitrogen and oxygen atoms in total. The molecule has 0 spiro atoms. The van der Waals surface area contributed by atoms with Crippen LogP contribution in [0.2, 0.25) is 5.02 Å². The molecule has 0 radical (unpaired) electrons. The van der Waals surface area contributed by atoms with Crippen LogP contribution in [0.5, 0.6) is 0 Å². The van der Waals surface area contributed by atoms with E-state index in [1.165, 1.54) is 0 Å². The van der Waals surface area contributed by atoms with Gasteiger partial charge in [-0.15, -0.1) is 0 Å². The number of para-hydroxylation sites is 1. The van der Waals surface area contributed by atoms with Crippen LogP contribution >= 0.6 is 22.9 Å². The molecule has 1 aromatic heterocycles. The standard InChI is InChI=1S/C17H14ClN3OS/c1-11(9-13-12(10-22)5-4-6-14(13)18)20-21-17-19-15-7-2-3-8-16(15)23-17/h2-8,10H,9H2,1H3,(H,19,21)/b20-11+. The van der Waals surface area contributed by atoms with Crippen molar-refractivity contribution in [1.82, 2.24) is 4.98 Å². The molecule has 0 bridgehead atoms. The average molecular weight is 344 g/mol. The lowest BCUT2D eigenvalue weighted by molar-refractivity contribution is 0.112. The van der Waals surface area contributed by atoms with Crippen molar-refractivity contribution in [3.05, 3.63) is 58.6 Å². The maximum atomic E-state index is 11.1. The van der Waals surface area contributed by atoms with Gasteiger partial charge in [-0.3, -0.25) is 10.2 Å². The Balaban J connectivity index is 1.77. The number of thiazole rings is 1. The Morgan fingerprint density at radius 1 is 1.30 bits per heavy atom. The number of hydrazone groups is 1. The molecule has 23 heavy (non-hydrogen) atoms. The number of hydrogen-bond acceptors (Lipinski definition) is 5. The number of aromatic nitrogens is 1. The van der Waals surface area contributed by atoms with Crippen LogP contribution in [0.4, 0.5) is 5.13 Å². The van der Waals surface area contributed by atoms with Gasteiger partial charge in [0.25, 0.3) is 0 Å². The van der Waals surface area contributed by atoms with Gasteiger partial charge in [0, 0.05) is 22.7 Å². The van der Waals surface area contributed by atoms with Crippen molar-refractivity contribution in [2.75, 3.05) is 5.43 Å². The molecule has 1 heterocycles. The topological polar surface area (TPSA) is 54.4 Å². The fourth-order valence-electron chi connectivity index (χ4n) is 2.23. The first-order valence-electron chi connectivity index (χ1n) is 7.04. The first kappa shape index (κ1) is 15.6. The van der Waals surface area contributed by atoms with Gasteiger partial charge in [0.1, 0.15) is 6.29 Å². The normalized spacial score (nSPS) is 11.7. The fraction of sp³-hybridized carbons (Fsp3) is 0.118. The number of hydrogen-bond donors (Lipinski definition) is 1. The Kier molecular flexibility index (Phi) is 4.69. The summed E-state index contributed by atoms with van der Waals surface area (Å²) in [5.41, 5.74) is 6.12. The summed E-state index contributed by atoms with van der Waals surface area (Å²) in [5.74, 6) is 0. The molecule has 0 aliphatic carbocycles. The fourth-order valence-corrected chi connectivity index (χ4v) is 3.29. The average Bonchev–Trinajstić information content (AvgIpc) is 2.98. The van der Waals surface area contributed by atoms with Crippen LogP contribution in [0, 0.1) is 0 Å². The third-order valence-electron chi connectivity index (χ3n) is 3.35. The minimum atomic E-state index is 0.506. The highest BCUT2D eigenvalue weighted by Gasteiger charge is 2.08. The molecule has 3 aromatic rings. The molecule has 3 rings (SSSR count). The lowest BCUT2D eigenvalue weighted by Crippen LogP contribution is -2.05. The van der Waals surface area contributed by atoms with E-state index >= 15 is 0 Å². The molecule has 0 saturated carbocycles. The van der Waals surface area contributed by atoms with E-state index in [2.05, 4.69) is 15.5 Å². The lowest BCUT2D eigenvalue weighted by atomic mass is 10.0. The molecule has 0 saturated heterocycles. The van der Waals surface area contributed by atoms with Gasteiger partial charge in [-0.05, 0) is 30.7 Å². The largest absolute Gasteiger partial charge is 0.298 e. The summed E-state index contributed by atoms with van der Waals surface area (Å²) >= 11 is 7.72. The molecule has 0 unspecified atom stereocenters. The van der Waals surface area contributed by atoms with Crippen LogP contribution in [0.1, 0.15) is 22.8 Å². The number of carbonyl (C=O) groups excluding carboxylic acids is 1. The van der Waals surface area contributed by atoms with Gasteiger partial charge in [0.05, 0.1) is 10.2 Å². The minimum absolute atomic E-state index is 0.506. The number of fused-ring (bicyclic) bond motifs is 1. The summed E-state index contributed by atoms with van der Waals surface area (Å²) in [4.78, 5) is 15.6. The minimum Gasteiger partial charge on any atom is -0.298 e. The van der Waals surface area contributed by atoms with E-state index in [0.29, 0.717) is 17.0 Å². The number of anilines is 1. The number of halogens is 1. The van der Waals surface area contributed by atoms with Gasteiger partial charge >= 0.3 is 0 Å². The van der Waals surface area contributed by atoms with Gasteiger partial charge in [0.15, 0.2) is 0 Å². The molecule has 0 fully saturated rings. The van der Waals surface area contributed by atoms with E-state index in [9.17, 15) is 4.79 Å². The highest BCUT2D eigenvalue weighted by Crippen LogP contribution is 2.25. The van der Waals surface area contributed by atoms with Crippen LogP contribution in [0.15, 0.2) is 47.6 Å². The zero-order valence-electron chi connectivity index (χ0n) is 12.4. The van der Waals surface area contributed by atoms with Gasteiger partial charge in [-0.1, -0.05) is 47.2 Å². The summed E-state index contributed by atoms with van der Waals surface area (Å²) in [6.45, 7) is 1.89. The highest BCUT2D eigenvalue weighted by atomic mass is 35.5. The molecule has 0 atom stereocenters. The summed E-state index contributed by atoms with van der Waals surface area (Å²) in [6, 6.07) is 13.2. The second kappa shape index (κ2) is 6.89. The summed E-state index contributed by atoms with van der Waals surface area (Å²) in [6.07, 6.45) is 1.32. The Hall–Kier alpha value is -2.24. The van der Waals surface area contributed by atoms with E-state index in [-0.39, 0.29) is 0 Å². The van der Waals surface area contributed by atoms with Gasteiger partial charge < -0.3 is 0 Å². The quantitative estimate of drug-likeness (QED) is 0.411. The predicted molar refractivity (Wildman–Crippen MR) is 96.9 cm³/mol. The van der Waals surface area contributed by atoms with E-state index in [4.69, 9.17) is 11.6 Å². The van der Waals surface area contributed by atoms with Crippen LogP contribution in [0.3, 0.4) is 0 Å². The van der Waals surface area contributed by atoms with Crippen LogP contribution in [-0.2, 0) is 6.42 Å². The number of carbonyl (C=O) groups is 1. The maximum Gasteiger partial charge on any atom is 0.204 e. The molecule has 0 aliphatic heterocycles. The number of nitrogens with one attached hydrogen (secondary N) is 1. The molecule has 0 amide bonds. The van der Waals surface area contributed by atoms with Crippen molar-refractivity contribution in [2.24, 2.45) is 5.10 Å². The lowest BCUT2D eigenvalue weighted by Gasteiger charge is -2.07. The van der Waals surface area contributed by atoms with Crippen LogP contribution in [0.25, 0.3) is 10.2 Å². The number of nitrogens with zero attached hydrogens (tertiary/aromatic N) is 2. The summed E-state index contributed by atoms with van der Waals surface area (Å²) in [5, 5.41) is 5.65. The molecular formula is C17H14ClN3OS. The maximum absolute atomic E-state index is 11.1. The molecular weight excluding hydrogens is 330 g/mol. The Morgan fingerprint density at radius 3 is 2.91 bits per heavy atom. The van der Waals surface area contributed by atoms with E-state index < -0.39 is 0 Å². The summed E-state index contributed by atoms with van der Waals surface area (Å²) < 4.78 is 1.11. The van der Waals surface area contributed by atoms with Crippen molar-refractivity contribution in [3.63, 3.8) is 0 Å². The van der Waals surface area contributed by atoms with Crippen molar-refractivity contribution in [2.45, 2.75) is 13.3 Å². The third kappa shape index (κ3) is 3.57. The van der Waals surface area contributed by atoms with Crippen molar-refractivity contribution >= 4 is 50.3 Å². The molecule has 2 aromatic carbocycles. The van der Waals surface area contributed by atoms with Crippen molar-refractivity contribution < 1.29 is 4.79 Å². The smallest absolute Gasteiger partial charge is 0.204 e. The van der Waals surface area contributed by atoms with E-state index in [0.717, 1.165) is 32.9 Å². The van der Waals surface area contributed by atoms with E-state index in [1.807, 2.05) is 31.2 Å². The summed E-state index contributed by atoms with van der Waals surface area (Å²) in [7, 11) is 0. The molecule has 6 heteroatoms. The van der Waals surface area contributed by atoms with Crippen LogP contribution < -0.4 is 5.43 Å². The Morgan fingerprint density at radius 2 is 2.13 bits per heavy atom. The molecule has 116 valence electrons. The SMILES string of the molecule is C/C(Cc1c(Cl)cccc1C=O)=N\Nc1nc2ccccc2s1. The molecule has 1 N–H and O–H groups in total. The van der Waals surface area contributed by atoms with Crippen molar-refractivity contribution in [3.8, 4) is 0 Å². The number of aldehydes is 1. The first-order chi connectivity index (χ1) is 11.2. The molecule has 0 aliphatic rings. The van der Waals surface area contributed by atoms with Crippen LogP contribution in [-0.4, -0.2) is 17.0 Å². The monoisotopic (exact) mass is 343 g/mol. The zero-order chi connectivity index (χ0) is 16.2. The highest BCUT2D eigenvalue weighted by molar-refractivity contribution is 7.22. The Labute approximate surface area is 142 Å². The van der Waals surface area contributed by atoms with E-state index in [1.54, 1.807) is 29.5 Å². The zero-order valence-corrected chi connectivity index (χ0v) is 14.0.